The monoisotopic (exact) mass is 264 g/mol. The first-order valence-electron chi connectivity index (χ1n) is 6.23. The summed E-state index contributed by atoms with van der Waals surface area (Å²) in [6, 6.07) is 6.28. The lowest BCUT2D eigenvalue weighted by atomic mass is 10.9. The highest BCUT2D eigenvalue weighted by atomic mass is 28.4. The molecule has 0 aromatic heterocycles. The maximum absolute atomic E-state index is 5.48. The van der Waals surface area contributed by atoms with E-state index in [2.05, 4.69) is 20.8 Å². The van der Waals surface area contributed by atoms with E-state index < -0.39 is 16.9 Å². The van der Waals surface area contributed by atoms with Gasteiger partial charge in [0.1, 0.15) is 0 Å². The quantitative estimate of drug-likeness (QED) is 0.598. The van der Waals surface area contributed by atoms with Gasteiger partial charge >= 0.3 is 8.80 Å². The summed E-state index contributed by atoms with van der Waals surface area (Å²) in [6.45, 7) is 6.98. The van der Waals surface area contributed by atoms with Crippen LogP contribution in [0.25, 0.3) is 0 Å². The van der Waals surface area contributed by atoms with Crippen molar-refractivity contribution < 1.29 is 13.3 Å². The van der Waals surface area contributed by atoms with Gasteiger partial charge in [0.2, 0.25) is 0 Å². The molecule has 16 heavy (non-hydrogen) atoms. The minimum absolute atomic E-state index is 0.970. The van der Waals surface area contributed by atoms with E-state index in [1.54, 1.807) is 21.3 Å². The molecular formula is C11H28O3Si2. The van der Waals surface area contributed by atoms with Gasteiger partial charge in [-0.3, -0.25) is 0 Å². The average Bonchev–Trinajstić information content (AvgIpc) is 2.37. The van der Waals surface area contributed by atoms with E-state index in [4.69, 9.17) is 13.3 Å². The molecule has 0 unspecified atom stereocenters. The Labute approximate surface area is 103 Å². The summed E-state index contributed by atoms with van der Waals surface area (Å²) in [4.78, 5) is 0. The van der Waals surface area contributed by atoms with E-state index in [9.17, 15) is 0 Å². The molecular weight excluding hydrogens is 236 g/mol. The molecule has 0 amide bonds. The van der Waals surface area contributed by atoms with Gasteiger partial charge in [-0.2, -0.15) is 0 Å². The third kappa shape index (κ3) is 3.96. The summed E-state index contributed by atoms with van der Waals surface area (Å²) in [5, 5.41) is 0. The molecule has 0 fully saturated rings. The summed E-state index contributed by atoms with van der Waals surface area (Å²) >= 11 is 0. The molecule has 0 atom stereocenters. The molecule has 0 aromatic carbocycles. The van der Waals surface area contributed by atoms with E-state index in [1.807, 2.05) is 0 Å². The molecule has 5 heteroatoms. The lowest BCUT2D eigenvalue weighted by Gasteiger charge is -2.32. The molecule has 0 aliphatic rings. The van der Waals surface area contributed by atoms with E-state index in [0.717, 1.165) is 6.04 Å². The maximum atomic E-state index is 5.48. The van der Waals surface area contributed by atoms with Crippen LogP contribution < -0.4 is 0 Å². The van der Waals surface area contributed by atoms with Crippen LogP contribution in [0.2, 0.25) is 30.2 Å². The topological polar surface area (TPSA) is 27.7 Å². The van der Waals surface area contributed by atoms with Gasteiger partial charge < -0.3 is 13.3 Å². The number of hydrogen-bond acceptors (Lipinski definition) is 3. The second-order valence-electron chi connectivity index (χ2n) is 4.36. The molecule has 0 spiro atoms. The van der Waals surface area contributed by atoms with Crippen LogP contribution in [0.4, 0.5) is 0 Å². The van der Waals surface area contributed by atoms with Gasteiger partial charge in [-0.15, -0.1) is 0 Å². The summed E-state index contributed by atoms with van der Waals surface area (Å²) in [7, 11) is 1.68. The van der Waals surface area contributed by atoms with E-state index >= 15 is 0 Å². The highest BCUT2D eigenvalue weighted by Crippen LogP contribution is 2.30. The van der Waals surface area contributed by atoms with E-state index in [-0.39, 0.29) is 0 Å². The zero-order chi connectivity index (χ0) is 12.7. The zero-order valence-electron chi connectivity index (χ0n) is 11.8. The summed E-state index contributed by atoms with van der Waals surface area (Å²) in [5.74, 6) is 0. The molecule has 0 radical (unpaired) electrons. The van der Waals surface area contributed by atoms with Crippen molar-refractivity contribution in [2.75, 3.05) is 21.3 Å². The molecule has 0 saturated heterocycles. The van der Waals surface area contributed by atoms with Crippen molar-refractivity contribution in [1.29, 1.82) is 0 Å². The van der Waals surface area contributed by atoms with Crippen molar-refractivity contribution >= 4 is 16.9 Å². The Morgan fingerprint density at radius 2 is 1.06 bits per heavy atom. The molecule has 0 heterocycles. The first kappa shape index (κ1) is 16.3. The van der Waals surface area contributed by atoms with E-state index in [0.29, 0.717) is 0 Å². The highest BCUT2D eigenvalue weighted by Gasteiger charge is 2.40. The normalized spacial score (nSPS) is 13.1. The lowest BCUT2D eigenvalue weighted by molar-refractivity contribution is 0.125. The van der Waals surface area contributed by atoms with Gasteiger partial charge in [0.25, 0.3) is 0 Å². The van der Waals surface area contributed by atoms with Crippen molar-refractivity contribution in [3.63, 3.8) is 0 Å². The van der Waals surface area contributed by atoms with Crippen molar-refractivity contribution in [2.45, 2.75) is 51.0 Å². The van der Waals surface area contributed by atoms with Crippen molar-refractivity contribution in [3.8, 4) is 0 Å². The van der Waals surface area contributed by atoms with Gasteiger partial charge in [0.15, 0.2) is 0 Å². The van der Waals surface area contributed by atoms with Gasteiger partial charge in [-0.25, -0.2) is 0 Å². The average molecular weight is 265 g/mol. The van der Waals surface area contributed by atoms with Crippen LogP contribution in [0.15, 0.2) is 0 Å². The largest absolute Gasteiger partial charge is 0.499 e. The molecule has 0 aliphatic heterocycles. The van der Waals surface area contributed by atoms with Crippen LogP contribution in [0, 0.1) is 0 Å². The molecule has 3 nitrogen and oxygen atoms in total. The first-order chi connectivity index (χ1) is 7.57. The van der Waals surface area contributed by atoms with Crippen LogP contribution in [0.3, 0.4) is 0 Å². The SMILES string of the molecule is CC[Si](CC)(CC)CC[Si](OC)(OC)OC. The molecule has 0 aromatic rings. The van der Waals surface area contributed by atoms with E-state index in [1.165, 1.54) is 24.2 Å². The van der Waals surface area contributed by atoms with Crippen molar-refractivity contribution in [2.24, 2.45) is 0 Å². The fraction of sp³-hybridized carbons (Fsp3) is 1.00. The van der Waals surface area contributed by atoms with Crippen LogP contribution in [-0.2, 0) is 13.3 Å². The third-order valence-electron chi connectivity index (χ3n) is 4.14. The second-order valence-corrected chi connectivity index (χ2v) is 13.1. The van der Waals surface area contributed by atoms with Crippen LogP contribution in [-0.4, -0.2) is 38.2 Å². The minimum atomic E-state index is -2.34. The maximum Gasteiger partial charge on any atom is 0.499 e. The Hall–Kier alpha value is 0.314. The van der Waals surface area contributed by atoms with Gasteiger partial charge in [0.05, 0.1) is 8.07 Å². The summed E-state index contributed by atoms with van der Waals surface area (Å²) < 4.78 is 16.4. The Morgan fingerprint density at radius 3 is 1.31 bits per heavy atom. The Morgan fingerprint density at radius 1 is 0.688 bits per heavy atom. The molecule has 0 N–H and O–H groups in total. The second kappa shape index (κ2) is 7.60. The smallest absolute Gasteiger partial charge is 0.377 e. The Kier molecular flexibility index (Phi) is 7.75. The zero-order valence-corrected chi connectivity index (χ0v) is 13.8. The predicted octanol–water partition coefficient (Wildman–Crippen LogP) is 3.37. The van der Waals surface area contributed by atoms with Crippen molar-refractivity contribution in [3.05, 3.63) is 0 Å². The number of hydrogen-bond donors (Lipinski definition) is 0. The molecule has 98 valence electrons. The highest BCUT2D eigenvalue weighted by molar-refractivity contribution is 6.81. The Bertz CT molecular complexity index is 144. The van der Waals surface area contributed by atoms with Crippen LogP contribution in [0.1, 0.15) is 20.8 Å². The third-order valence-corrected chi connectivity index (χ3v) is 13.2. The van der Waals surface area contributed by atoms with Crippen LogP contribution in [0.5, 0.6) is 0 Å². The van der Waals surface area contributed by atoms with Crippen molar-refractivity contribution in [1.82, 2.24) is 0 Å². The molecule has 0 bridgehead atoms. The fourth-order valence-electron chi connectivity index (χ4n) is 2.25. The summed E-state index contributed by atoms with van der Waals surface area (Å²) in [5.41, 5.74) is 0. The lowest BCUT2D eigenvalue weighted by Crippen LogP contribution is -2.45. The molecule has 0 rings (SSSR count). The van der Waals surface area contributed by atoms with Gasteiger partial charge in [-0.1, -0.05) is 44.9 Å². The predicted molar refractivity (Wildman–Crippen MR) is 73.6 cm³/mol. The molecule has 0 saturated carbocycles. The van der Waals surface area contributed by atoms with Gasteiger partial charge in [-0.05, 0) is 0 Å². The first-order valence-corrected chi connectivity index (χ1v) is 11.0. The molecule has 0 aliphatic carbocycles. The fourth-order valence-corrected chi connectivity index (χ4v) is 9.27. The minimum Gasteiger partial charge on any atom is -0.377 e. The van der Waals surface area contributed by atoms with Gasteiger partial charge in [0, 0.05) is 27.4 Å². The number of rotatable bonds is 9. The Balaban J connectivity index is 4.48. The summed E-state index contributed by atoms with van der Waals surface area (Å²) in [6.07, 6.45) is 0. The standard InChI is InChI=1S/C11H28O3Si2/c1-7-15(8-2,9-3)10-11-16(12-4,13-5)14-6/h7-11H2,1-6H3. The van der Waals surface area contributed by atoms with Crippen LogP contribution >= 0.6 is 0 Å².